The lowest BCUT2D eigenvalue weighted by Gasteiger charge is -2.21. The lowest BCUT2D eigenvalue weighted by Crippen LogP contribution is -2.48. The van der Waals surface area contributed by atoms with Gasteiger partial charge in [0.25, 0.3) is 5.56 Å². The maximum Gasteiger partial charge on any atom is 0.423 e. The van der Waals surface area contributed by atoms with Gasteiger partial charge in [0.2, 0.25) is 11.8 Å². The van der Waals surface area contributed by atoms with Crippen molar-refractivity contribution in [2.24, 2.45) is 0 Å². The summed E-state index contributed by atoms with van der Waals surface area (Å²) in [5.74, 6) is -1.97. The van der Waals surface area contributed by atoms with Crippen molar-refractivity contribution >= 4 is 22.8 Å². The second kappa shape index (κ2) is 4.44. The van der Waals surface area contributed by atoms with E-state index in [0.29, 0.717) is 0 Å². The fraction of sp³-hybridized carbons (Fsp3) is 0.231. The Morgan fingerprint density at radius 2 is 1.90 bits per heavy atom. The lowest BCUT2D eigenvalue weighted by atomic mass is 10.1. The number of para-hydroxylation sites is 1. The summed E-state index contributed by atoms with van der Waals surface area (Å²) in [6.07, 6.45) is 0.183. The molecule has 2 aromatic rings. The Morgan fingerprint density at radius 3 is 2.65 bits per heavy atom. The Bertz CT molecular complexity index is 833. The van der Waals surface area contributed by atoms with Gasteiger partial charge >= 0.3 is 5.76 Å². The first-order valence-corrected chi connectivity index (χ1v) is 6.06. The number of piperidine rings is 1. The molecule has 1 atom stereocenters. The van der Waals surface area contributed by atoms with E-state index in [2.05, 4.69) is 5.32 Å². The highest BCUT2D eigenvalue weighted by molar-refractivity contribution is 5.99. The van der Waals surface area contributed by atoms with Gasteiger partial charge < -0.3 is 4.42 Å². The molecule has 1 unspecified atom stereocenters. The quantitative estimate of drug-likeness (QED) is 0.734. The summed E-state index contributed by atoms with van der Waals surface area (Å²) in [6, 6.07) is 5.29. The van der Waals surface area contributed by atoms with Gasteiger partial charge in [-0.1, -0.05) is 12.1 Å². The van der Waals surface area contributed by atoms with Crippen LogP contribution in [-0.4, -0.2) is 16.4 Å². The molecule has 1 fully saturated rings. The summed E-state index contributed by atoms with van der Waals surface area (Å²) in [5, 5.41) is 2.33. The highest BCUT2D eigenvalue weighted by Crippen LogP contribution is 2.16. The van der Waals surface area contributed by atoms with Crippen molar-refractivity contribution in [2.45, 2.75) is 18.9 Å². The number of nitrogens with zero attached hydrogens (tertiary/aromatic N) is 1. The summed E-state index contributed by atoms with van der Waals surface area (Å²) in [6.45, 7) is 0. The molecule has 1 aliphatic heterocycles. The minimum atomic E-state index is -1.01. The predicted octanol–water partition coefficient (Wildman–Crippen LogP) is -0.0676. The summed E-state index contributed by atoms with van der Waals surface area (Å²) >= 11 is 0. The zero-order valence-electron chi connectivity index (χ0n) is 10.3. The number of hydrogen-bond acceptors (Lipinski definition) is 5. The molecule has 0 spiro atoms. The van der Waals surface area contributed by atoms with Crippen LogP contribution in [0.25, 0.3) is 11.0 Å². The third-order valence-electron chi connectivity index (χ3n) is 3.25. The smallest absolute Gasteiger partial charge is 0.409 e. The summed E-state index contributed by atoms with van der Waals surface area (Å²) < 4.78 is 5.81. The number of nitrogens with one attached hydrogen (secondary N) is 1. The predicted molar refractivity (Wildman–Crippen MR) is 68.2 cm³/mol. The molecule has 0 radical (unpaired) electrons. The molecule has 0 bridgehead atoms. The number of imide groups is 1. The summed E-state index contributed by atoms with van der Waals surface area (Å²) in [4.78, 5) is 47.1. The van der Waals surface area contributed by atoms with E-state index >= 15 is 0 Å². The first kappa shape index (κ1) is 12.3. The van der Waals surface area contributed by atoms with E-state index in [9.17, 15) is 19.2 Å². The Morgan fingerprint density at radius 1 is 1.15 bits per heavy atom. The molecule has 1 saturated heterocycles. The molecule has 0 saturated carbocycles. The van der Waals surface area contributed by atoms with E-state index in [1.54, 1.807) is 12.1 Å². The van der Waals surface area contributed by atoms with Crippen LogP contribution in [0.2, 0.25) is 0 Å². The molecule has 1 aromatic heterocycles. The van der Waals surface area contributed by atoms with Crippen LogP contribution in [0.3, 0.4) is 0 Å². The van der Waals surface area contributed by atoms with Crippen molar-refractivity contribution in [1.29, 1.82) is 0 Å². The van der Waals surface area contributed by atoms with Gasteiger partial charge in [-0.05, 0) is 18.6 Å². The zero-order chi connectivity index (χ0) is 14.3. The van der Waals surface area contributed by atoms with Gasteiger partial charge in [0.1, 0.15) is 11.6 Å². The van der Waals surface area contributed by atoms with E-state index in [0.717, 1.165) is 4.57 Å². The Hall–Kier alpha value is -2.70. The largest absolute Gasteiger partial charge is 0.423 e. The fourth-order valence-corrected chi connectivity index (χ4v) is 2.29. The van der Waals surface area contributed by atoms with E-state index in [1.807, 2.05) is 0 Å². The molecule has 20 heavy (non-hydrogen) atoms. The molecule has 102 valence electrons. The van der Waals surface area contributed by atoms with Crippen molar-refractivity contribution in [3.63, 3.8) is 0 Å². The van der Waals surface area contributed by atoms with Crippen LogP contribution in [0.5, 0.6) is 0 Å². The van der Waals surface area contributed by atoms with Gasteiger partial charge in [-0.25, -0.2) is 9.36 Å². The average molecular weight is 274 g/mol. The van der Waals surface area contributed by atoms with Crippen molar-refractivity contribution in [2.75, 3.05) is 0 Å². The van der Waals surface area contributed by atoms with Crippen molar-refractivity contribution in [3.8, 4) is 0 Å². The third-order valence-corrected chi connectivity index (χ3v) is 3.25. The van der Waals surface area contributed by atoms with Gasteiger partial charge in [0.05, 0.1) is 5.39 Å². The van der Waals surface area contributed by atoms with Crippen LogP contribution in [0, 0.1) is 0 Å². The molecular weight excluding hydrogens is 264 g/mol. The lowest BCUT2D eigenvalue weighted by molar-refractivity contribution is -0.136. The minimum absolute atomic E-state index is 0.0785. The molecule has 1 aliphatic rings. The molecular formula is C13H10N2O5. The molecule has 0 aliphatic carbocycles. The average Bonchev–Trinajstić information content (AvgIpc) is 2.41. The number of aromatic nitrogens is 1. The first-order chi connectivity index (χ1) is 9.58. The molecule has 2 amide bonds. The molecule has 7 nitrogen and oxygen atoms in total. The van der Waals surface area contributed by atoms with E-state index in [4.69, 9.17) is 4.42 Å². The fourth-order valence-electron chi connectivity index (χ4n) is 2.29. The number of hydrogen-bond donors (Lipinski definition) is 1. The van der Waals surface area contributed by atoms with Crippen LogP contribution in [0.15, 0.2) is 38.3 Å². The van der Waals surface area contributed by atoms with Crippen molar-refractivity contribution in [3.05, 3.63) is 45.2 Å². The van der Waals surface area contributed by atoms with Crippen LogP contribution in [0.1, 0.15) is 18.9 Å². The number of fused-ring (bicyclic) bond motifs is 1. The number of carbonyl (C=O) groups is 2. The third kappa shape index (κ3) is 1.83. The highest BCUT2D eigenvalue weighted by atomic mass is 16.4. The molecule has 1 aromatic carbocycles. The van der Waals surface area contributed by atoms with E-state index in [-0.39, 0.29) is 23.8 Å². The summed E-state index contributed by atoms with van der Waals surface area (Å²) in [5.41, 5.74) is -0.419. The van der Waals surface area contributed by atoms with Gasteiger partial charge in [0.15, 0.2) is 0 Å². The van der Waals surface area contributed by atoms with E-state index in [1.165, 1.54) is 12.1 Å². The van der Waals surface area contributed by atoms with E-state index < -0.39 is 29.2 Å². The minimum Gasteiger partial charge on any atom is -0.409 e. The molecule has 3 rings (SSSR count). The van der Waals surface area contributed by atoms with Crippen LogP contribution < -0.4 is 16.6 Å². The summed E-state index contributed by atoms with van der Waals surface area (Å²) in [7, 11) is 0. The monoisotopic (exact) mass is 274 g/mol. The Kier molecular flexibility index (Phi) is 2.74. The number of benzene rings is 1. The topological polar surface area (TPSA) is 98.4 Å². The van der Waals surface area contributed by atoms with Gasteiger partial charge in [-0.15, -0.1) is 0 Å². The normalized spacial score (nSPS) is 19.1. The van der Waals surface area contributed by atoms with Crippen LogP contribution in [-0.2, 0) is 9.59 Å². The number of amides is 2. The second-order valence-corrected chi connectivity index (χ2v) is 4.51. The highest BCUT2D eigenvalue weighted by Gasteiger charge is 2.31. The Labute approximate surface area is 111 Å². The van der Waals surface area contributed by atoms with Gasteiger partial charge in [-0.3, -0.25) is 19.7 Å². The zero-order valence-corrected chi connectivity index (χ0v) is 10.3. The SMILES string of the molecule is O=C1CCC(n2c(=O)oc3ccccc3c2=O)C(=O)N1. The van der Waals surface area contributed by atoms with Crippen LogP contribution >= 0.6 is 0 Å². The number of rotatable bonds is 1. The number of carbonyl (C=O) groups excluding carboxylic acids is 2. The van der Waals surface area contributed by atoms with Crippen LogP contribution in [0.4, 0.5) is 0 Å². The first-order valence-electron chi connectivity index (χ1n) is 6.06. The van der Waals surface area contributed by atoms with Gasteiger partial charge in [-0.2, -0.15) is 0 Å². The second-order valence-electron chi connectivity index (χ2n) is 4.51. The van der Waals surface area contributed by atoms with Gasteiger partial charge in [0, 0.05) is 6.42 Å². The molecule has 2 heterocycles. The Balaban J connectivity index is 2.22. The standard InChI is InChI=1S/C13H10N2O5/c16-10-6-5-8(11(17)14-10)15-12(18)7-3-1-2-4-9(7)20-13(15)19/h1-4,8H,5-6H2,(H,14,16,17). The van der Waals surface area contributed by atoms with Crippen molar-refractivity contribution < 1.29 is 14.0 Å². The molecule has 1 N–H and O–H groups in total. The maximum absolute atomic E-state index is 12.3. The maximum atomic E-state index is 12.3. The van der Waals surface area contributed by atoms with Crippen molar-refractivity contribution in [1.82, 2.24) is 9.88 Å². The molecule has 7 heteroatoms.